The minimum absolute atomic E-state index is 0.173. The van der Waals surface area contributed by atoms with Gasteiger partial charge in [0.2, 0.25) is 0 Å². The molecule has 0 aliphatic heterocycles. The predicted molar refractivity (Wildman–Crippen MR) is 121 cm³/mol. The van der Waals surface area contributed by atoms with E-state index in [0.717, 1.165) is 23.3 Å². The van der Waals surface area contributed by atoms with Crippen molar-refractivity contribution >= 4 is 32.7 Å². The van der Waals surface area contributed by atoms with Crippen LogP contribution in [0.2, 0.25) is 0 Å². The first-order chi connectivity index (χ1) is 15.5. The number of sulfonamides is 1. The van der Waals surface area contributed by atoms with Crippen molar-refractivity contribution in [2.45, 2.75) is 18.7 Å². The Hall–Kier alpha value is -4.32. The number of nitro groups is 2. The Bertz CT molecular complexity index is 1510. The van der Waals surface area contributed by atoms with Crippen molar-refractivity contribution in [3.63, 3.8) is 0 Å². The molecule has 0 radical (unpaired) electrons. The second-order valence-electron chi connectivity index (χ2n) is 7.39. The fourth-order valence-electron chi connectivity index (χ4n) is 3.39. The summed E-state index contributed by atoms with van der Waals surface area (Å²) in [5.41, 5.74) is 1.66. The summed E-state index contributed by atoms with van der Waals surface area (Å²) < 4.78 is 30.0. The van der Waals surface area contributed by atoms with Crippen molar-refractivity contribution in [3.05, 3.63) is 92.3 Å². The van der Waals surface area contributed by atoms with Crippen molar-refractivity contribution in [1.82, 2.24) is 9.38 Å². The maximum atomic E-state index is 12.9. The molecule has 0 aliphatic carbocycles. The summed E-state index contributed by atoms with van der Waals surface area (Å²) in [4.78, 5) is 24.8. The molecule has 11 nitrogen and oxygen atoms in total. The Morgan fingerprint density at radius 3 is 2.24 bits per heavy atom. The highest BCUT2D eigenvalue weighted by atomic mass is 32.2. The topological polar surface area (TPSA) is 150 Å². The fraction of sp³-hybridized carbons (Fsp3) is 0.0952. The van der Waals surface area contributed by atoms with Crippen LogP contribution < -0.4 is 4.72 Å². The monoisotopic (exact) mass is 467 g/mol. The summed E-state index contributed by atoms with van der Waals surface area (Å²) in [5, 5.41) is 22.6. The summed E-state index contributed by atoms with van der Waals surface area (Å²) in [5.74, 6) is 0. The normalized spacial score (nSPS) is 11.5. The highest BCUT2D eigenvalue weighted by Gasteiger charge is 2.28. The number of nitrogens with zero attached hydrogens (tertiary/aromatic N) is 4. The average molecular weight is 467 g/mol. The van der Waals surface area contributed by atoms with Crippen molar-refractivity contribution in [2.75, 3.05) is 4.72 Å². The first kappa shape index (κ1) is 21.9. The second-order valence-corrected chi connectivity index (χ2v) is 9.07. The zero-order valence-corrected chi connectivity index (χ0v) is 18.2. The first-order valence-electron chi connectivity index (χ1n) is 9.57. The van der Waals surface area contributed by atoms with Crippen LogP contribution in [0.15, 0.2) is 65.8 Å². The number of nitrogens with one attached hydrogen (secondary N) is 1. The first-order valence-corrected chi connectivity index (χ1v) is 11.1. The van der Waals surface area contributed by atoms with Crippen LogP contribution in [0.4, 0.5) is 17.1 Å². The molecule has 1 N–H and O–H groups in total. The number of benzene rings is 2. The highest BCUT2D eigenvalue weighted by molar-refractivity contribution is 7.92. The molecule has 33 heavy (non-hydrogen) atoms. The van der Waals surface area contributed by atoms with Gasteiger partial charge in [0.25, 0.3) is 21.4 Å². The van der Waals surface area contributed by atoms with E-state index in [1.165, 1.54) is 13.0 Å². The molecular weight excluding hydrogens is 450 g/mol. The van der Waals surface area contributed by atoms with Crippen molar-refractivity contribution < 1.29 is 18.3 Å². The van der Waals surface area contributed by atoms with Gasteiger partial charge in [-0.3, -0.25) is 25.0 Å². The zero-order valence-electron chi connectivity index (χ0n) is 17.4. The molecule has 12 heteroatoms. The summed E-state index contributed by atoms with van der Waals surface area (Å²) in [6.45, 7) is 3.15. The van der Waals surface area contributed by atoms with Crippen molar-refractivity contribution in [2.24, 2.45) is 0 Å². The number of aromatic nitrogens is 2. The molecule has 2 heterocycles. The smallest absolute Gasteiger partial charge is 0.280 e. The van der Waals surface area contributed by atoms with Gasteiger partial charge in [-0.05, 0) is 37.6 Å². The Morgan fingerprint density at radius 2 is 1.61 bits per heavy atom. The molecule has 0 atom stereocenters. The van der Waals surface area contributed by atoms with Gasteiger partial charge in [-0.25, -0.2) is 13.4 Å². The molecular formula is C21H17N5O6S. The van der Waals surface area contributed by atoms with Crippen LogP contribution in [0.5, 0.6) is 0 Å². The van der Waals surface area contributed by atoms with E-state index in [9.17, 15) is 28.6 Å². The Labute approximate surface area is 187 Å². The lowest BCUT2D eigenvalue weighted by atomic mass is 10.1. The minimum Gasteiger partial charge on any atom is -0.306 e. The van der Waals surface area contributed by atoms with Gasteiger partial charge in [-0.15, -0.1) is 0 Å². The Morgan fingerprint density at radius 1 is 0.939 bits per heavy atom. The lowest BCUT2D eigenvalue weighted by Crippen LogP contribution is -2.14. The molecule has 4 aromatic rings. The summed E-state index contributed by atoms with van der Waals surface area (Å²) in [7, 11) is -4.36. The third-order valence-electron chi connectivity index (χ3n) is 5.04. The molecule has 0 unspecified atom stereocenters. The van der Waals surface area contributed by atoms with Crippen molar-refractivity contribution in [1.29, 1.82) is 0 Å². The fourth-order valence-corrected chi connectivity index (χ4v) is 4.48. The van der Waals surface area contributed by atoms with Gasteiger partial charge in [-0.2, -0.15) is 0 Å². The SMILES string of the molecule is Cc1ccc2nc(-c3cccc(NS(=O)(=O)c4cc([N+](=O)[O-])c(C)c([N+](=O)[O-])c4)c3)cn2c1. The summed E-state index contributed by atoms with van der Waals surface area (Å²) >= 11 is 0. The standard InChI is InChI=1S/C21H17N5O6S/c1-13-6-7-21-22-18(12-24(21)11-13)15-4-3-5-16(8-15)23-33(31,32)17-9-19(25(27)28)14(2)20(10-17)26(29)30/h3-12,23H,1-2H3. The van der Waals surface area contributed by atoms with Crippen molar-refractivity contribution in [3.8, 4) is 11.3 Å². The number of hydrogen-bond acceptors (Lipinski definition) is 7. The van der Waals surface area contributed by atoms with E-state index < -0.39 is 36.1 Å². The quantitative estimate of drug-likeness (QED) is 0.329. The van der Waals surface area contributed by atoms with Gasteiger partial charge in [0.05, 0.1) is 15.5 Å². The third-order valence-corrected chi connectivity index (χ3v) is 6.40. The second kappa shape index (κ2) is 7.98. The number of rotatable bonds is 6. The van der Waals surface area contributed by atoms with Crippen LogP contribution >= 0.6 is 0 Å². The van der Waals surface area contributed by atoms with Gasteiger partial charge in [0, 0.05) is 35.8 Å². The van der Waals surface area contributed by atoms with E-state index in [4.69, 9.17) is 0 Å². The molecule has 168 valence electrons. The number of nitro benzene ring substituents is 2. The van der Waals surface area contributed by atoms with E-state index in [-0.39, 0.29) is 11.3 Å². The number of hydrogen-bond donors (Lipinski definition) is 1. The van der Waals surface area contributed by atoms with Crippen LogP contribution in [0.1, 0.15) is 11.1 Å². The van der Waals surface area contributed by atoms with Crippen LogP contribution in [0, 0.1) is 34.1 Å². The Kier molecular flexibility index (Phi) is 5.30. The molecule has 0 spiro atoms. The number of anilines is 1. The maximum absolute atomic E-state index is 12.9. The third kappa shape index (κ3) is 4.23. The van der Waals surface area contributed by atoms with Gasteiger partial charge >= 0.3 is 0 Å². The molecule has 0 fully saturated rings. The predicted octanol–water partition coefficient (Wildman–Crippen LogP) is 4.24. The Balaban J connectivity index is 1.72. The zero-order chi connectivity index (χ0) is 23.9. The van der Waals surface area contributed by atoms with Gasteiger partial charge in [0.1, 0.15) is 16.1 Å². The lowest BCUT2D eigenvalue weighted by Gasteiger charge is -2.10. The lowest BCUT2D eigenvalue weighted by molar-refractivity contribution is -0.395. The average Bonchev–Trinajstić information content (AvgIpc) is 3.16. The molecule has 4 rings (SSSR count). The minimum atomic E-state index is -4.36. The number of aryl methyl sites for hydroxylation is 1. The number of pyridine rings is 1. The number of fused-ring (bicyclic) bond motifs is 1. The molecule has 0 saturated carbocycles. The van der Waals surface area contributed by atoms with E-state index >= 15 is 0 Å². The summed E-state index contributed by atoms with van der Waals surface area (Å²) in [6, 6.07) is 11.8. The molecule has 0 bridgehead atoms. The van der Waals surface area contributed by atoms with Crippen LogP contribution in [0.3, 0.4) is 0 Å². The van der Waals surface area contributed by atoms with E-state index in [2.05, 4.69) is 9.71 Å². The molecule has 0 saturated heterocycles. The van der Waals surface area contributed by atoms with Crippen LogP contribution in [-0.2, 0) is 10.0 Å². The van der Waals surface area contributed by atoms with E-state index in [1.54, 1.807) is 18.2 Å². The maximum Gasteiger partial charge on any atom is 0.280 e. The van der Waals surface area contributed by atoms with Crippen LogP contribution in [-0.4, -0.2) is 27.6 Å². The highest BCUT2D eigenvalue weighted by Crippen LogP contribution is 2.32. The molecule has 2 aromatic heterocycles. The van der Waals surface area contributed by atoms with Crippen LogP contribution in [0.25, 0.3) is 16.9 Å². The largest absolute Gasteiger partial charge is 0.306 e. The number of imidazole rings is 1. The molecule has 0 aliphatic rings. The van der Waals surface area contributed by atoms with Gasteiger partial charge < -0.3 is 4.40 Å². The van der Waals surface area contributed by atoms with Gasteiger partial charge in [-0.1, -0.05) is 18.2 Å². The van der Waals surface area contributed by atoms with E-state index in [1.807, 2.05) is 35.9 Å². The molecule has 2 aromatic carbocycles. The van der Waals surface area contributed by atoms with E-state index in [0.29, 0.717) is 11.3 Å². The molecule has 0 amide bonds. The summed E-state index contributed by atoms with van der Waals surface area (Å²) in [6.07, 6.45) is 3.72. The van der Waals surface area contributed by atoms with Gasteiger partial charge in [0.15, 0.2) is 0 Å².